The predicted molar refractivity (Wildman–Crippen MR) is 140 cm³/mol. The Morgan fingerprint density at radius 2 is 1.63 bits per heavy atom. The van der Waals surface area contributed by atoms with Crippen LogP contribution in [0.4, 0.5) is 5.82 Å². The van der Waals surface area contributed by atoms with Crippen LogP contribution in [-0.2, 0) is 6.54 Å². The molecule has 0 spiro atoms. The number of amides is 1. The molecule has 1 heterocycles. The normalized spacial score (nSPS) is 11.0. The first-order chi connectivity index (χ1) is 17.0. The summed E-state index contributed by atoms with van der Waals surface area (Å²) in [4.78, 5) is 26.4. The van der Waals surface area contributed by atoms with E-state index in [0.29, 0.717) is 23.7 Å². The second kappa shape index (κ2) is 11.4. The fraction of sp³-hybridized carbons (Fsp3) is 0.250. The number of ether oxygens (including phenoxy) is 1. The largest absolute Gasteiger partial charge is 0.457 e. The number of anilines is 1. The summed E-state index contributed by atoms with van der Waals surface area (Å²) in [5, 5.41) is 4.42. The summed E-state index contributed by atoms with van der Waals surface area (Å²) in [6, 6.07) is 24.6. The number of nitrogens with one attached hydrogen (secondary N) is 1. The molecule has 1 amide bonds. The van der Waals surface area contributed by atoms with Crippen LogP contribution in [0.1, 0.15) is 22.6 Å². The molecule has 0 unspecified atom stereocenters. The maximum Gasteiger partial charge on any atom is 0.254 e. The molecule has 35 heavy (non-hydrogen) atoms. The highest BCUT2D eigenvalue weighted by Gasteiger charge is 2.16. The lowest BCUT2D eigenvalue weighted by atomic mass is 10.2. The maximum atomic E-state index is 13.2. The zero-order chi connectivity index (χ0) is 24.6. The minimum absolute atomic E-state index is 0.124. The van der Waals surface area contributed by atoms with Crippen molar-refractivity contribution in [2.75, 3.05) is 39.5 Å². The van der Waals surface area contributed by atoms with Gasteiger partial charge in [0.05, 0.1) is 12.1 Å². The minimum atomic E-state index is -0.124. The number of benzene rings is 3. The average Bonchev–Trinajstić information content (AvgIpc) is 2.86. The number of hydrogen-bond acceptors (Lipinski definition) is 6. The van der Waals surface area contributed by atoms with Crippen LogP contribution in [0, 0.1) is 0 Å². The van der Waals surface area contributed by atoms with Crippen molar-refractivity contribution in [3.63, 3.8) is 0 Å². The van der Waals surface area contributed by atoms with Crippen molar-refractivity contribution in [1.29, 1.82) is 0 Å². The molecule has 0 fully saturated rings. The van der Waals surface area contributed by atoms with Crippen LogP contribution < -0.4 is 10.1 Å². The first kappa shape index (κ1) is 24.2. The summed E-state index contributed by atoms with van der Waals surface area (Å²) in [5.74, 6) is 2.60. The molecule has 4 aromatic rings. The summed E-state index contributed by atoms with van der Waals surface area (Å²) >= 11 is 0. The first-order valence-electron chi connectivity index (χ1n) is 11.7. The van der Waals surface area contributed by atoms with Gasteiger partial charge >= 0.3 is 0 Å². The maximum absolute atomic E-state index is 13.2. The van der Waals surface area contributed by atoms with E-state index >= 15 is 0 Å². The van der Waals surface area contributed by atoms with E-state index in [1.165, 1.54) is 0 Å². The van der Waals surface area contributed by atoms with Gasteiger partial charge in [-0.1, -0.05) is 36.4 Å². The van der Waals surface area contributed by atoms with Crippen LogP contribution >= 0.6 is 0 Å². The van der Waals surface area contributed by atoms with Gasteiger partial charge in [-0.15, -0.1) is 0 Å². The Labute approximate surface area is 206 Å². The monoisotopic (exact) mass is 469 g/mol. The van der Waals surface area contributed by atoms with Gasteiger partial charge in [0.25, 0.3) is 5.91 Å². The molecule has 7 nitrogen and oxygen atoms in total. The molecule has 0 aliphatic carbocycles. The number of para-hydroxylation sites is 2. The zero-order valence-electron chi connectivity index (χ0n) is 20.4. The second-order valence-corrected chi connectivity index (χ2v) is 8.69. The van der Waals surface area contributed by atoms with Crippen molar-refractivity contribution in [1.82, 2.24) is 19.8 Å². The van der Waals surface area contributed by atoms with Crippen LogP contribution in [0.2, 0.25) is 0 Å². The third kappa shape index (κ3) is 6.55. The number of carbonyl (C=O) groups is 1. The highest BCUT2D eigenvalue weighted by Crippen LogP contribution is 2.23. The number of carbonyl (C=O) groups excluding carboxylic acids is 1. The van der Waals surface area contributed by atoms with E-state index in [4.69, 9.17) is 14.7 Å². The van der Waals surface area contributed by atoms with E-state index in [-0.39, 0.29) is 5.91 Å². The number of fused-ring (bicyclic) bond motifs is 1. The van der Waals surface area contributed by atoms with Crippen molar-refractivity contribution >= 4 is 22.6 Å². The minimum Gasteiger partial charge on any atom is -0.457 e. The molecule has 0 saturated carbocycles. The van der Waals surface area contributed by atoms with Gasteiger partial charge in [0.1, 0.15) is 17.3 Å². The molecule has 0 saturated heterocycles. The highest BCUT2D eigenvalue weighted by molar-refractivity contribution is 5.94. The van der Waals surface area contributed by atoms with Crippen LogP contribution in [0.5, 0.6) is 11.5 Å². The van der Waals surface area contributed by atoms with E-state index in [1.807, 2.05) is 66.7 Å². The van der Waals surface area contributed by atoms with Gasteiger partial charge in [-0.3, -0.25) is 4.79 Å². The third-order valence-electron chi connectivity index (χ3n) is 5.51. The Morgan fingerprint density at radius 1 is 0.886 bits per heavy atom. The molecule has 180 valence electrons. The van der Waals surface area contributed by atoms with E-state index in [2.05, 4.69) is 24.3 Å². The number of rotatable bonds is 10. The molecule has 1 aromatic heterocycles. The Morgan fingerprint density at radius 3 is 2.43 bits per heavy atom. The third-order valence-corrected chi connectivity index (χ3v) is 5.51. The van der Waals surface area contributed by atoms with Gasteiger partial charge in [0.15, 0.2) is 5.82 Å². The smallest absolute Gasteiger partial charge is 0.254 e. The molecule has 4 rings (SSSR count). The Balaban J connectivity index is 1.48. The van der Waals surface area contributed by atoms with Gasteiger partial charge in [-0.2, -0.15) is 0 Å². The van der Waals surface area contributed by atoms with Crippen molar-refractivity contribution in [2.45, 2.75) is 13.0 Å². The van der Waals surface area contributed by atoms with E-state index in [9.17, 15) is 4.79 Å². The number of aromatic nitrogens is 2. The fourth-order valence-electron chi connectivity index (χ4n) is 3.75. The van der Waals surface area contributed by atoms with Gasteiger partial charge in [-0.25, -0.2) is 9.97 Å². The Hall–Kier alpha value is -3.97. The lowest BCUT2D eigenvalue weighted by molar-refractivity contribution is 0.0781. The number of nitrogens with zero attached hydrogens (tertiary/aromatic N) is 4. The fourth-order valence-corrected chi connectivity index (χ4v) is 3.75. The van der Waals surface area contributed by atoms with Crippen LogP contribution in [-0.4, -0.2) is 59.9 Å². The quantitative estimate of drug-likeness (QED) is 0.328. The van der Waals surface area contributed by atoms with Gasteiger partial charge in [-0.05, 0) is 69.5 Å². The highest BCUT2D eigenvalue weighted by atomic mass is 16.5. The van der Waals surface area contributed by atoms with Crippen molar-refractivity contribution in [3.8, 4) is 11.5 Å². The molecule has 7 heteroatoms. The molecular weight excluding hydrogens is 438 g/mol. The Bertz CT molecular complexity index is 1280. The van der Waals surface area contributed by atoms with Crippen molar-refractivity contribution in [2.24, 2.45) is 0 Å². The molecule has 0 aliphatic heterocycles. The molecule has 0 atom stereocenters. The van der Waals surface area contributed by atoms with Crippen molar-refractivity contribution < 1.29 is 9.53 Å². The van der Waals surface area contributed by atoms with E-state index in [0.717, 1.165) is 42.0 Å². The molecule has 0 bridgehead atoms. The van der Waals surface area contributed by atoms with Gasteiger partial charge in [0.2, 0.25) is 0 Å². The Kier molecular flexibility index (Phi) is 7.90. The van der Waals surface area contributed by atoms with E-state index in [1.54, 1.807) is 24.1 Å². The SMILES string of the molecule is CN(C)CCCNc1nc(CN(C)C(=O)c2cccc(Oc3ccccc3)c2)nc2ccccc12. The molecule has 0 radical (unpaired) electrons. The zero-order valence-corrected chi connectivity index (χ0v) is 20.4. The topological polar surface area (TPSA) is 70.6 Å². The summed E-state index contributed by atoms with van der Waals surface area (Å²) in [7, 11) is 5.89. The predicted octanol–water partition coefficient (Wildman–Crippen LogP) is 5.06. The van der Waals surface area contributed by atoms with Crippen LogP contribution in [0.25, 0.3) is 10.9 Å². The van der Waals surface area contributed by atoms with E-state index < -0.39 is 0 Å². The molecular formula is C28H31N5O2. The second-order valence-electron chi connectivity index (χ2n) is 8.69. The van der Waals surface area contributed by atoms with Gasteiger partial charge < -0.3 is 19.9 Å². The molecule has 1 N–H and O–H groups in total. The van der Waals surface area contributed by atoms with Crippen LogP contribution in [0.15, 0.2) is 78.9 Å². The average molecular weight is 470 g/mol. The van der Waals surface area contributed by atoms with Crippen molar-refractivity contribution in [3.05, 3.63) is 90.3 Å². The summed E-state index contributed by atoms with van der Waals surface area (Å²) in [6.45, 7) is 2.09. The summed E-state index contributed by atoms with van der Waals surface area (Å²) < 4.78 is 5.89. The number of hydrogen-bond donors (Lipinski definition) is 1. The first-order valence-corrected chi connectivity index (χ1v) is 11.7. The standard InChI is InChI=1S/C28H31N5O2/c1-32(2)18-10-17-29-27-24-15-7-8-16-25(24)30-26(31-27)20-33(3)28(34)21-11-9-14-23(19-21)35-22-12-5-4-6-13-22/h4-9,11-16,19H,10,17-18,20H2,1-3H3,(H,29,30,31). The summed E-state index contributed by atoms with van der Waals surface area (Å²) in [6.07, 6.45) is 1.00. The van der Waals surface area contributed by atoms with Crippen LogP contribution in [0.3, 0.4) is 0 Å². The lowest BCUT2D eigenvalue weighted by Crippen LogP contribution is -2.27. The summed E-state index contributed by atoms with van der Waals surface area (Å²) in [5.41, 5.74) is 1.40. The molecule has 3 aromatic carbocycles. The molecule has 0 aliphatic rings. The lowest BCUT2D eigenvalue weighted by Gasteiger charge is -2.18. The van der Waals surface area contributed by atoms with Gasteiger partial charge in [0, 0.05) is 24.5 Å².